The molecular formula is C20H35NO5. The van der Waals surface area contributed by atoms with Crippen molar-refractivity contribution in [2.75, 3.05) is 47.6 Å². The number of methoxy groups -OCH3 is 3. The Hall–Kier alpha value is -1.34. The lowest BCUT2D eigenvalue weighted by molar-refractivity contribution is -0.0569. The SMILES string of the molecule is COCCCN(Cc1cccc(OC)c1OC)C[C@H](O)COC(C)(C)C. The molecule has 26 heavy (non-hydrogen) atoms. The van der Waals surface area contributed by atoms with Crippen LogP contribution in [0.1, 0.15) is 32.8 Å². The smallest absolute Gasteiger partial charge is 0.165 e. The van der Waals surface area contributed by atoms with Crippen molar-refractivity contribution in [3.63, 3.8) is 0 Å². The minimum Gasteiger partial charge on any atom is -0.493 e. The van der Waals surface area contributed by atoms with E-state index in [0.29, 0.717) is 32.1 Å². The van der Waals surface area contributed by atoms with Gasteiger partial charge >= 0.3 is 0 Å². The van der Waals surface area contributed by atoms with Gasteiger partial charge in [0.25, 0.3) is 0 Å². The van der Waals surface area contributed by atoms with Gasteiger partial charge in [0.15, 0.2) is 11.5 Å². The quantitative estimate of drug-likeness (QED) is 0.572. The zero-order valence-corrected chi connectivity index (χ0v) is 17.1. The van der Waals surface area contributed by atoms with Gasteiger partial charge in [0, 0.05) is 38.9 Å². The number of aliphatic hydroxyl groups is 1. The van der Waals surface area contributed by atoms with Crippen molar-refractivity contribution in [1.82, 2.24) is 4.90 Å². The van der Waals surface area contributed by atoms with Gasteiger partial charge in [-0.15, -0.1) is 0 Å². The van der Waals surface area contributed by atoms with Crippen LogP contribution in [-0.4, -0.2) is 69.3 Å². The molecule has 0 aliphatic heterocycles. The molecule has 0 unspecified atom stereocenters. The van der Waals surface area contributed by atoms with Gasteiger partial charge in [0.05, 0.1) is 32.5 Å². The molecule has 0 heterocycles. The van der Waals surface area contributed by atoms with Crippen LogP contribution in [0.4, 0.5) is 0 Å². The minimum absolute atomic E-state index is 0.266. The van der Waals surface area contributed by atoms with Gasteiger partial charge < -0.3 is 24.1 Å². The third kappa shape index (κ3) is 8.36. The molecule has 6 nitrogen and oxygen atoms in total. The van der Waals surface area contributed by atoms with Crippen molar-refractivity contribution in [3.05, 3.63) is 23.8 Å². The maximum Gasteiger partial charge on any atom is 0.165 e. The maximum atomic E-state index is 10.4. The molecule has 1 rings (SSSR count). The van der Waals surface area contributed by atoms with Crippen molar-refractivity contribution in [1.29, 1.82) is 0 Å². The molecule has 0 aromatic heterocycles. The summed E-state index contributed by atoms with van der Waals surface area (Å²) in [6, 6.07) is 5.84. The Balaban J connectivity index is 2.80. The Morgan fingerprint density at radius 1 is 1.12 bits per heavy atom. The first kappa shape index (κ1) is 22.7. The van der Waals surface area contributed by atoms with Crippen LogP contribution in [0.3, 0.4) is 0 Å². The third-order valence-electron chi connectivity index (χ3n) is 3.88. The fraction of sp³-hybridized carbons (Fsp3) is 0.700. The van der Waals surface area contributed by atoms with Gasteiger partial charge in [-0.3, -0.25) is 4.90 Å². The first-order valence-corrected chi connectivity index (χ1v) is 9.04. The van der Waals surface area contributed by atoms with Gasteiger partial charge in [0.1, 0.15) is 0 Å². The highest BCUT2D eigenvalue weighted by Gasteiger charge is 2.18. The molecule has 0 saturated heterocycles. The van der Waals surface area contributed by atoms with E-state index >= 15 is 0 Å². The number of para-hydroxylation sites is 1. The van der Waals surface area contributed by atoms with Crippen molar-refractivity contribution in [2.45, 2.75) is 45.4 Å². The van der Waals surface area contributed by atoms with E-state index in [4.69, 9.17) is 18.9 Å². The molecule has 0 fully saturated rings. The van der Waals surface area contributed by atoms with Crippen molar-refractivity contribution in [3.8, 4) is 11.5 Å². The lowest BCUT2D eigenvalue weighted by atomic mass is 10.1. The predicted molar refractivity (Wildman–Crippen MR) is 103 cm³/mol. The summed E-state index contributed by atoms with van der Waals surface area (Å²) in [4.78, 5) is 2.19. The summed E-state index contributed by atoms with van der Waals surface area (Å²) in [5.41, 5.74) is 0.755. The summed E-state index contributed by atoms with van der Waals surface area (Å²) in [6.45, 7) is 8.91. The van der Waals surface area contributed by atoms with Crippen LogP contribution in [0, 0.1) is 0 Å². The van der Waals surface area contributed by atoms with E-state index in [1.807, 2.05) is 39.0 Å². The van der Waals surface area contributed by atoms with E-state index < -0.39 is 6.10 Å². The van der Waals surface area contributed by atoms with Crippen LogP contribution in [0.5, 0.6) is 11.5 Å². The van der Waals surface area contributed by atoms with Crippen molar-refractivity contribution >= 4 is 0 Å². The lowest BCUT2D eigenvalue weighted by Gasteiger charge is -2.28. The molecule has 0 aliphatic carbocycles. The highest BCUT2D eigenvalue weighted by molar-refractivity contribution is 5.46. The summed E-state index contributed by atoms with van der Waals surface area (Å²) in [5, 5.41) is 10.4. The summed E-state index contributed by atoms with van der Waals surface area (Å²) < 4.78 is 21.8. The van der Waals surface area contributed by atoms with E-state index in [1.54, 1.807) is 21.3 Å². The van der Waals surface area contributed by atoms with Crippen molar-refractivity contribution in [2.24, 2.45) is 0 Å². The van der Waals surface area contributed by atoms with E-state index in [0.717, 1.165) is 24.3 Å². The zero-order valence-electron chi connectivity index (χ0n) is 17.1. The fourth-order valence-corrected chi connectivity index (χ4v) is 2.68. The van der Waals surface area contributed by atoms with Gasteiger partial charge in [-0.2, -0.15) is 0 Å². The Morgan fingerprint density at radius 3 is 2.42 bits per heavy atom. The second-order valence-electron chi connectivity index (χ2n) is 7.31. The van der Waals surface area contributed by atoms with E-state index in [2.05, 4.69) is 4.90 Å². The summed E-state index contributed by atoms with van der Waals surface area (Å²) >= 11 is 0. The van der Waals surface area contributed by atoms with Gasteiger partial charge in [0.2, 0.25) is 0 Å². The molecular weight excluding hydrogens is 334 g/mol. The lowest BCUT2D eigenvalue weighted by Crippen LogP contribution is -2.37. The normalized spacial score (nSPS) is 13.1. The van der Waals surface area contributed by atoms with Crippen LogP contribution in [0.15, 0.2) is 18.2 Å². The average Bonchev–Trinajstić information content (AvgIpc) is 2.59. The summed E-state index contributed by atoms with van der Waals surface area (Å²) in [7, 11) is 4.97. The number of benzene rings is 1. The molecule has 0 amide bonds. The number of hydrogen-bond donors (Lipinski definition) is 1. The van der Waals surface area contributed by atoms with Gasteiger partial charge in [-0.1, -0.05) is 12.1 Å². The first-order valence-electron chi connectivity index (χ1n) is 9.04. The summed E-state index contributed by atoms with van der Waals surface area (Å²) in [5.74, 6) is 1.44. The standard InChI is InChI=1S/C20H35NO5/c1-20(2,3)26-15-17(22)14-21(11-8-12-23-4)13-16-9-7-10-18(24-5)19(16)25-6/h7,9-10,17,22H,8,11-15H2,1-6H3/t17-/m0/s1. The molecule has 1 atom stereocenters. The van der Waals surface area contributed by atoms with E-state index in [1.165, 1.54) is 0 Å². The molecule has 1 N–H and O–H groups in total. The van der Waals surface area contributed by atoms with Crippen LogP contribution in [0.25, 0.3) is 0 Å². The van der Waals surface area contributed by atoms with Crippen LogP contribution < -0.4 is 9.47 Å². The zero-order chi connectivity index (χ0) is 19.6. The average molecular weight is 370 g/mol. The Morgan fingerprint density at radius 2 is 1.85 bits per heavy atom. The van der Waals surface area contributed by atoms with Gasteiger partial charge in [-0.25, -0.2) is 0 Å². The molecule has 0 bridgehead atoms. The molecule has 150 valence electrons. The topological polar surface area (TPSA) is 60.4 Å². The fourth-order valence-electron chi connectivity index (χ4n) is 2.68. The van der Waals surface area contributed by atoms with Crippen LogP contribution in [-0.2, 0) is 16.0 Å². The Kier molecular flexibility index (Phi) is 9.94. The third-order valence-corrected chi connectivity index (χ3v) is 3.88. The number of nitrogens with zero attached hydrogens (tertiary/aromatic N) is 1. The molecule has 0 saturated carbocycles. The Bertz CT molecular complexity index is 515. The number of rotatable bonds is 12. The van der Waals surface area contributed by atoms with Crippen molar-refractivity contribution < 1.29 is 24.1 Å². The number of ether oxygens (including phenoxy) is 4. The van der Waals surface area contributed by atoms with E-state index in [-0.39, 0.29) is 5.60 Å². The van der Waals surface area contributed by atoms with Gasteiger partial charge in [-0.05, 0) is 33.3 Å². The number of aliphatic hydroxyl groups excluding tert-OH is 1. The molecule has 1 aromatic carbocycles. The monoisotopic (exact) mass is 369 g/mol. The van der Waals surface area contributed by atoms with E-state index in [9.17, 15) is 5.11 Å². The number of hydrogen-bond acceptors (Lipinski definition) is 6. The van der Waals surface area contributed by atoms with Crippen LogP contribution >= 0.6 is 0 Å². The molecule has 6 heteroatoms. The molecule has 1 aromatic rings. The second-order valence-corrected chi connectivity index (χ2v) is 7.31. The maximum absolute atomic E-state index is 10.4. The summed E-state index contributed by atoms with van der Waals surface area (Å²) in [6.07, 6.45) is 0.323. The highest BCUT2D eigenvalue weighted by atomic mass is 16.5. The Labute approximate surface area is 158 Å². The minimum atomic E-state index is -0.562. The second kappa shape index (κ2) is 11.4. The first-order chi connectivity index (χ1) is 12.3. The molecule has 0 spiro atoms. The highest BCUT2D eigenvalue weighted by Crippen LogP contribution is 2.31. The largest absolute Gasteiger partial charge is 0.493 e. The van der Waals surface area contributed by atoms with Crippen LogP contribution in [0.2, 0.25) is 0 Å². The molecule has 0 aliphatic rings. The predicted octanol–water partition coefficient (Wildman–Crippen LogP) is 2.72. The molecule has 0 radical (unpaired) electrons.